The van der Waals surface area contributed by atoms with E-state index < -0.39 is 0 Å². The number of aryl methyl sites for hydroxylation is 1. The topological polar surface area (TPSA) is 73.6 Å². The number of rotatable bonds is 8. The van der Waals surface area contributed by atoms with Gasteiger partial charge in [0.25, 0.3) is 5.88 Å². The molecule has 0 radical (unpaired) electrons. The molecule has 4 rings (SSSR count). The van der Waals surface area contributed by atoms with E-state index >= 15 is 0 Å². The van der Waals surface area contributed by atoms with Crippen molar-refractivity contribution in [2.75, 3.05) is 7.11 Å². The highest BCUT2D eigenvalue weighted by Crippen LogP contribution is 2.54. The number of methoxy groups -OCH3 is 1. The van der Waals surface area contributed by atoms with Crippen molar-refractivity contribution in [1.82, 2.24) is 10.5 Å². The summed E-state index contributed by atoms with van der Waals surface area (Å²) in [5.41, 5.74) is 1.30. The molecule has 6 nitrogen and oxygen atoms in total. The van der Waals surface area contributed by atoms with E-state index in [1.54, 1.807) is 13.2 Å². The highest BCUT2D eigenvalue weighted by atomic mass is 16.5. The molecule has 162 valence electrons. The summed E-state index contributed by atoms with van der Waals surface area (Å²) in [5.74, 6) is 3.74. The van der Waals surface area contributed by atoms with Crippen LogP contribution in [0.3, 0.4) is 0 Å². The number of nitrogens with one attached hydrogen (secondary N) is 1. The number of hydrogen-bond acceptors (Lipinski definition) is 5. The van der Waals surface area contributed by atoms with Gasteiger partial charge in [0, 0.05) is 30.9 Å². The van der Waals surface area contributed by atoms with Gasteiger partial charge in [0.1, 0.15) is 11.5 Å². The largest absolute Gasteiger partial charge is 0.497 e. The molecule has 1 N–H and O–H groups in total. The van der Waals surface area contributed by atoms with E-state index in [-0.39, 0.29) is 18.1 Å². The summed E-state index contributed by atoms with van der Waals surface area (Å²) >= 11 is 0. The summed E-state index contributed by atoms with van der Waals surface area (Å²) in [7, 11) is 1.69. The van der Waals surface area contributed by atoms with Crippen LogP contribution >= 0.6 is 0 Å². The van der Waals surface area contributed by atoms with Crippen LogP contribution in [0.1, 0.15) is 63.2 Å². The Morgan fingerprint density at radius 1 is 1.20 bits per heavy atom. The Hall–Kier alpha value is -2.50. The van der Waals surface area contributed by atoms with Gasteiger partial charge in [0.05, 0.1) is 13.2 Å². The smallest absolute Gasteiger partial charge is 0.254 e. The Balaban J connectivity index is 1.37. The third-order valence-corrected chi connectivity index (χ3v) is 6.50. The van der Waals surface area contributed by atoms with Gasteiger partial charge in [0.2, 0.25) is 5.91 Å². The fourth-order valence-corrected chi connectivity index (χ4v) is 5.15. The number of ether oxygens (including phenoxy) is 2. The molecule has 0 saturated heterocycles. The molecule has 30 heavy (non-hydrogen) atoms. The zero-order chi connectivity index (χ0) is 21.1. The Morgan fingerprint density at radius 3 is 2.63 bits per heavy atom. The SMILES string of the molecule is COc1ccc([C@H]2[C@H]3CCCC[C@@H]3[C@@H]2NC(=O)CCc2cc(OC(C)C)no2)cc1. The Morgan fingerprint density at radius 2 is 1.93 bits per heavy atom. The molecule has 2 aromatic rings. The van der Waals surface area contributed by atoms with Crippen molar-refractivity contribution in [2.45, 2.75) is 70.4 Å². The van der Waals surface area contributed by atoms with Gasteiger partial charge in [-0.3, -0.25) is 4.79 Å². The average Bonchev–Trinajstić information content (AvgIpc) is 3.18. The third-order valence-electron chi connectivity index (χ3n) is 6.50. The molecule has 0 spiro atoms. The van der Waals surface area contributed by atoms with Crippen LogP contribution in [0.15, 0.2) is 34.9 Å². The first-order chi connectivity index (χ1) is 14.5. The lowest BCUT2D eigenvalue weighted by Gasteiger charge is -2.55. The molecule has 1 heterocycles. The number of carbonyl (C=O) groups is 1. The van der Waals surface area contributed by atoms with E-state index in [1.165, 1.54) is 31.2 Å². The summed E-state index contributed by atoms with van der Waals surface area (Å²) in [6.07, 6.45) is 5.97. The van der Waals surface area contributed by atoms with Crippen molar-refractivity contribution in [3.63, 3.8) is 0 Å². The molecule has 0 aliphatic heterocycles. The van der Waals surface area contributed by atoms with E-state index in [9.17, 15) is 4.79 Å². The van der Waals surface area contributed by atoms with Crippen LogP contribution in [0.5, 0.6) is 11.6 Å². The third kappa shape index (κ3) is 4.47. The van der Waals surface area contributed by atoms with Gasteiger partial charge in [-0.1, -0.05) is 25.0 Å². The van der Waals surface area contributed by atoms with Gasteiger partial charge < -0.3 is 19.3 Å². The monoisotopic (exact) mass is 412 g/mol. The van der Waals surface area contributed by atoms with E-state index in [0.717, 1.165) is 5.75 Å². The second-order valence-electron chi connectivity index (χ2n) is 8.80. The van der Waals surface area contributed by atoms with Crippen LogP contribution in [0.4, 0.5) is 0 Å². The summed E-state index contributed by atoms with van der Waals surface area (Å²) in [6, 6.07) is 10.3. The molecule has 1 aromatic heterocycles. The Bertz CT molecular complexity index is 845. The van der Waals surface area contributed by atoms with E-state index in [4.69, 9.17) is 14.0 Å². The fraction of sp³-hybridized carbons (Fsp3) is 0.583. The minimum atomic E-state index is 0.0446. The van der Waals surface area contributed by atoms with Crippen molar-refractivity contribution in [1.29, 1.82) is 0 Å². The van der Waals surface area contributed by atoms with Gasteiger partial charge in [0.15, 0.2) is 0 Å². The lowest BCUT2D eigenvalue weighted by molar-refractivity contribution is -0.124. The van der Waals surface area contributed by atoms with Gasteiger partial charge in [-0.05, 0) is 61.4 Å². The first kappa shape index (κ1) is 20.8. The molecule has 4 atom stereocenters. The highest BCUT2D eigenvalue weighted by molar-refractivity contribution is 5.76. The number of aromatic nitrogens is 1. The number of hydrogen-bond donors (Lipinski definition) is 1. The van der Waals surface area contributed by atoms with Crippen LogP contribution in [-0.4, -0.2) is 30.3 Å². The average molecular weight is 413 g/mol. The standard InChI is InChI=1S/C24H32N2O4/c1-15(2)29-22-14-18(30-26-22)12-13-21(27)25-24-20-7-5-4-6-19(20)23(24)16-8-10-17(28-3)11-9-16/h8-11,14-15,19-20,23-24H,4-7,12-13H2,1-3H3,(H,25,27)/t19-,20-,23-,24-/m0/s1. The van der Waals surface area contributed by atoms with Crippen LogP contribution in [0.25, 0.3) is 0 Å². The molecule has 2 saturated carbocycles. The molecular weight excluding hydrogens is 380 g/mol. The first-order valence-corrected chi connectivity index (χ1v) is 11.1. The summed E-state index contributed by atoms with van der Waals surface area (Å²) < 4.78 is 16.1. The summed E-state index contributed by atoms with van der Waals surface area (Å²) in [5, 5.41) is 7.24. The quantitative estimate of drug-likeness (QED) is 0.691. The lowest BCUT2D eigenvalue weighted by atomic mass is 9.53. The molecule has 2 aliphatic rings. The molecule has 0 bridgehead atoms. The van der Waals surface area contributed by atoms with Crippen molar-refractivity contribution in [3.8, 4) is 11.6 Å². The Kier molecular flexibility index (Phi) is 6.30. The minimum Gasteiger partial charge on any atom is -0.497 e. The molecule has 6 heteroatoms. The number of fused-ring (bicyclic) bond motifs is 1. The number of nitrogens with zero attached hydrogens (tertiary/aromatic N) is 1. The number of carbonyl (C=O) groups excluding carboxylic acids is 1. The van der Waals surface area contributed by atoms with Crippen molar-refractivity contribution >= 4 is 5.91 Å². The molecular formula is C24H32N2O4. The van der Waals surface area contributed by atoms with E-state index in [2.05, 4.69) is 22.6 Å². The van der Waals surface area contributed by atoms with Crippen LogP contribution in [0, 0.1) is 11.8 Å². The minimum absolute atomic E-state index is 0.0446. The lowest BCUT2D eigenvalue weighted by Crippen LogP contribution is -2.59. The van der Waals surface area contributed by atoms with Gasteiger partial charge >= 0.3 is 0 Å². The summed E-state index contributed by atoms with van der Waals surface area (Å²) in [6.45, 7) is 3.89. The molecule has 1 aromatic carbocycles. The maximum Gasteiger partial charge on any atom is 0.254 e. The second kappa shape index (κ2) is 9.11. The van der Waals surface area contributed by atoms with Crippen LogP contribution < -0.4 is 14.8 Å². The number of benzene rings is 1. The van der Waals surface area contributed by atoms with Crippen molar-refractivity contribution < 1.29 is 18.8 Å². The van der Waals surface area contributed by atoms with Gasteiger partial charge in [-0.2, -0.15) is 0 Å². The predicted octanol–water partition coefficient (Wildman–Crippen LogP) is 4.49. The van der Waals surface area contributed by atoms with Gasteiger partial charge in [-0.15, -0.1) is 0 Å². The second-order valence-corrected chi connectivity index (χ2v) is 8.80. The normalized spacial score (nSPS) is 25.3. The number of amides is 1. The van der Waals surface area contributed by atoms with Gasteiger partial charge in [-0.25, -0.2) is 0 Å². The molecule has 1 amide bonds. The van der Waals surface area contributed by atoms with Crippen LogP contribution in [0.2, 0.25) is 0 Å². The maximum atomic E-state index is 12.7. The van der Waals surface area contributed by atoms with Crippen molar-refractivity contribution in [2.24, 2.45) is 11.8 Å². The summed E-state index contributed by atoms with van der Waals surface area (Å²) in [4.78, 5) is 12.7. The molecule has 2 aliphatic carbocycles. The van der Waals surface area contributed by atoms with E-state index in [0.29, 0.717) is 42.2 Å². The predicted molar refractivity (Wildman–Crippen MR) is 114 cm³/mol. The van der Waals surface area contributed by atoms with Crippen LogP contribution in [-0.2, 0) is 11.2 Å². The fourth-order valence-electron chi connectivity index (χ4n) is 5.15. The maximum absolute atomic E-state index is 12.7. The Labute approximate surface area is 178 Å². The zero-order valence-corrected chi connectivity index (χ0v) is 18.1. The first-order valence-electron chi connectivity index (χ1n) is 11.1. The highest BCUT2D eigenvalue weighted by Gasteiger charge is 2.51. The molecule has 2 fully saturated rings. The van der Waals surface area contributed by atoms with Crippen molar-refractivity contribution in [3.05, 3.63) is 41.7 Å². The molecule has 0 unspecified atom stereocenters. The zero-order valence-electron chi connectivity index (χ0n) is 18.1. The van der Waals surface area contributed by atoms with E-state index in [1.807, 2.05) is 26.0 Å².